The Labute approximate surface area is 106 Å². The number of aromatic nitrogens is 4. The van der Waals surface area contributed by atoms with Crippen molar-refractivity contribution >= 4 is 0 Å². The van der Waals surface area contributed by atoms with Crippen molar-refractivity contribution < 1.29 is 4.42 Å². The van der Waals surface area contributed by atoms with Gasteiger partial charge in [-0.25, -0.2) is 0 Å². The molecule has 2 heterocycles. The van der Waals surface area contributed by atoms with Gasteiger partial charge in [-0.3, -0.25) is 4.68 Å². The molecule has 2 rings (SSSR count). The molecule has 0 aliphatic heterocycles. The van der Waals surface area contributed by atoms with Gasteiger partial charge in [0.15, 0.2) is 0 Å². The predicted molar refractivity (Wildman–Crippen MR) is 66.9 cm³/mol. The fourth-order valence-electron chi connectivity index (χ4n) is 1.68. The number of nitrogens with one attached hydrogen (secondary N) is 1. The van der Waals surface area contributed by atoms with E-state index in [4.69, 9.17) is 4.42 Å². The normalized spacial score (nSPS) is 12.8. The van der Waals surface area contributed by atoms with Gasteiger partial charge in [0.25, 0.3) is 0 Å². The molecule has 0 saturated heterocycles. The van der Waals surface area contributed by atoms with Gasteiger partial charge in [-0.1, -0.05) is 6.92 Å². The lowest BCUT2D eigenvalue weighted by atomic mass is 10.3. The van der Waals surface area contributed by atoms with Crippen LogP contribution >= 0.6 is 0 Å². The summed E-state index contributed by atoms with van der Waals surface area (Å²) in [5, 5.41) is 15.5. The van der Waals surface area contributed by atoms with Crippen molar-refractivity contribution in [1.29, 1.82) is 0 Å². The third-order valence-corrected chi connectivity index (χ3v) is 2.64. The van der Waals surface area contributed by atoms with E-state index in [-0.39, 0.29) is 0 Å². The quantitative estimate of drug-likeness (QED) is 0.836. The Morgan fingerprint density at radius 3 is 2.78 bits per heavy atom. The van der Waals surface area contributed by atoms with E-state index in [1.54, 1.807) is 0 Å². The maximum Gasteiger partial charge on any atom is 0.230 e. The van der Waals surface area contributed by atoms with Gasteiger partial charge in [-0.05, 0) is 19.4 Å². The van der Waals surface area contributed by atoms with Crippen LogP contribution in [0.5, 0.6) is 0 Å². The maximum atomic E-state index is 5.43. The molecule has 0 aliphatic carbocycles. The third kappa shape index (κ3) is 3.40. The van der Waals surface area contributed by atoms with Gasteiger partial charge in [0.1, 0.15) is 0 Å². The third-order valence-electron chi connectivity index (χ3n) is 2.64. The van der Waals surface area contributed by atoms with Crippen molar-refractivity contribution in [3.63, 3.8) is 0 Å². The van der Waals surface area contributed by atoms with Crippen molar-refractivity contribution in [3.05, 3.63) is 29.7 Å². The molecule has 0 fully saturated rings. The molecule has 0 radical (unpaired) electrons. The number of aryl methyl sites for hydroxylation is 2. The lowest BCUT2D eigenvalue weighted by Gasteiger charge is -2.12. The Kier molecular flexibility index (Phi) is 4.09. The zero-order valence-corrected chi connectivity index (χ0v) is 11.1. The highest BCUT2D eigenvalue weighted by Crippen LogP contribution is 2.01. The van der Waals surface area contributed by atoms with E-state index in [2.05, 4.69) is 27.5 Å². The van der Waals surface area contributed by atoms with Crippen LogP contribution in [0, 0.1) is 6.92 Å². The van der Waals surface area contributed by atoms with Crippen LogP contribution in [0.15, 0.2) is 16.8 Å². The zero-order valence-electron chi connectivity index (χ0n) is 11.1. The molecule has 0 bridgehead atoms. The molecule has 2 aromatic rings. The second-order valence-corrected chi connectivity index (χ2v) is 4.46. The summed E-state index contributed by atoms with van der Waals surface area (Å²) < 4.78 is 7.36. The summed E-state index contributed by atoms with van der Waals surface area (Å²) in [4.78, 5) is 0. The Morgan fingerprint density at radius 2 is 2.17 bits per heavy atom. The fourth-order valence-corrected chi connectivity index (χ4v) is 1.68. The zero-order chi connectivity index (χ0) is 13.0. The van der Waals surface area contributed by atoms with Crippen molar-refractivity contribution in [1.82, 2.24) is 25.3 Å². The minimum atomic E-state index is 0.293. The molecule has 0 amide bonds. The summed E-state index contributed by atoms with van der Waals surface area (Å²) in [5.41, 5.74) is 1.17. The first-order chi connectivity index (χ1) is 8.67. The van der Waals surface area contributed by atoms with Gasteiger partial charge in [0, 0.05) is 18.7 Å². The van der Waals surface area contributed by atoms with Crippen LogP contribution in [0.4, 0.5) is 0 Å². The van der Waals surface area contributed by atoms with Crippen LogP contribution in [0.1, 0.15) is 31.2 Å². The van der Waals surface area contributed by atoms with E-state index in [0.29, 0.717) is 24.4 Å². The molecule has 6 heteroatoms. The van der Waals surface area contributed by atoms with E-state index in [0.717, 1.165) is 13.0 Å². The topological polar surface area (TPSA) is 68.8 Å². The molecule has 2 aromatic heterocycles. The standard InChI is InChI=1S/C12H19N5O/c1-4-11-15-16-12(18-11)6-13-10(3)8-17-7-9(2)5-14-17/h5,7,10,13H,4,6,8H2,1-3H3/t10-/m0/s1. The summed E-state index contributed by atoms with van der Waals surface area (Å²) >= 11 is 0. The first-order valence-electron chi connectivity index (χ1n) is 6.21. The number of rotatable bonds is 6. The van der Waals surface area contributed by atoms with Crippen LogP contribution in [0.3, 0.4) is 0 Å². The van der Waals surface area contributed by atoms with Gasteiger partial charge < -0.3 is 9.73 Å². The average molecular weight is 249 g/mol. The van der Waals surface area contributed by atoms with Crippen LogP contribution in [0.2, 0.25) is 0 Å². The van der Waals surface area contributed by atoms with E-state index >= 15 is 0 Å². The summed E-state index contributed by atoms with van der Waals surface area (Å²) in [7, 11) is 0. The van der Waals surface area contributed by atoms with Gasteiger partial charge in [0.05, 0.1) is 19.3 Å². The van der Waals surface area contributed by atoms with Gasteiger partial charge in [-0.2, -0.15) is 5.10 Å². The van der Waals surface area contributed by atoms with Gasteiger partial charge in [-0.15, -0.1) is 10.2 Å². The molecule has 0 spiro atoms. The largest absolute Gasteiger partial charge is 0.424 e. The van der Waals surface area contributed by atoms with Gasteiger partial charge in [0.2, 0.25) is 11.8 Å². The fraction of sp³-hybridized carbons (Fsp3) is 0.583. The maximum absolute atomic E-state index is 5.43. The Balaban J connectivity index is 1.79. The summed E-state index contributed by atoms with van der Waals surface area (Å²) in [6, 6.07) is 0.293. The molecule has 98 valence electrons. The SMILES string of the molecule is CCc1nnc(CN[C@@H](C)Cn2cc(C)cn2)o1. The van der Waals surface area contributed by atoms with E-state index < -0.39 is 0 Å². The van der Waals surface area contributed by atoms with Crippen LogP contribution in [-0.2, 0) is 19.5 Å². The van der Waals surface area contributed by atoms with Crippen LogP contribution < -0.4 is 5.32 Å². The first-order valence-corrected chi connectivity index (χ1v) is 6.21. The van der Waals surface area contributed by atoms with Crippen LogP contribution in [-0.4, -0.2) is 26.0 Å². The first kappa shape index (κ1) is 12.8. The second kappa shape index (κ2) is 5.77. The summed E-state index contributed by atoms with van der Waals surface area (Å²) in [6.07, 6.45) is 4.66. The lowest BCUT2D eigenvalue weighted by molar-refractivity contribution is 0.395. The number of hydrogen-bond acceptors (Lipinski definition) is 5. The molecule has 0 unspecified atom stereocenters. The Morgan fingerprint density at radius 1 is 1.39 bits per heavy atom. The molecule has 1 atom stereocenters. The number of nitrogens with zero attached hydrogens (tertiary/aromatic N) is 4. The predicted octanol–water partition coefficient (Wildman–Crippen LogP) is 1.32. The average Bonchev–Trinajstić information content (AvgIpc) is 2.95. The Hall–Kier alpha value is -1.69. The smallest absolute Gasteiger partial charge is 0.230 e. The van der Waals surface area contributed by atoms with Crippen LogP contribution in [0.25, 0.3) is 0 Å². The molecular formula is C12H19N5O. The van der Waals surface area contributed by atoms with Crippen molar-refractivity contribution in [3.8, 4) is 0 Å². The van der Waals surface area contributed by atoms with E-state index in [1.165, 1.54) is 5.56 Å². The Bertz CT molecular complexity index is 490. The molecular weight excluding hydrogens is 230 g/mol. The summed E-state index contributed by atoms with van der Waals surface area (Å²) in [5.74, 6) is 1.32. The highest BCUT2D eigenvalue weighted by atomic mass is 16.4. The lowest BCUT2D eigenvalue weighted by Crippen LogP contribution is -2.30. The van der Waals surface area contributed by atoms with Crippen molar-refractivity contribution in [2.24, 2.45) is 0 Å². The van der Waals surface area contributed by atoms with Crippen molar-refractivity contribution in [2.75, 3.05) is 0 Å². The van der Waals surface area contributed by atoms with E-state index in [9.17, 15) is 0 Å². The monoisotopic (exact) mass is 249 g/mol. The minimum absolute atomic E-state index is 0.293. The summed E-state index contributed by atoms with van der Waals surface area (Å²) in [6.45, 7) is 7.55. The molecule has 6 nitrogen and oxygen atoms in total. The molecule has 0 aliphatic rings. The van der Waals surface area contributed by atoms with E-state index in [1.807, 2.05) is 30.9 Å². The van der Waals surface area contributed by atoms with Crippen molar-refractivity contribution in [2.45, 2.75) is 46.3 Å². The molecule has 0 aromatic carbocycles. The van der Waals surface area contributed by atoms with Gasteiger partial charge >= 0.3 is 0 Å². The highest BCUT2D eigenvalue weighted by molar-refractivity contribution is 4.99. The number of hydrogen-bond donors (Lipinski definition) is 1. The highest BCUT2D eigenvalue weighted by Gasteiger charge is 2.07. The minimum Gasteiger partial charge on any atom is -0.424 e. The second-order valence-electron chi connectivity index (χ2n) is 4.46. The molecule has 18 heavy (non-hydrogen) atoms. The molecule has 1 N–H and O–H groups in total. The molecule has 0 saturated carbocycles.